The van der Waals surface area contributed by atoms with Crippen LogP contribution in [-0.2, 0) is 5.88 Å². The zero-order chi connectivity index (χ0) is 12.3. The van der Waals surface area contributed by atoms with Gasteiger partial charge in [0.2, 0.25) is 0 Å². The molecule has 0 saturated heterocycles. The molecule has 1 saturated carbocycles. The van der Waals surface area contributed by atoms with Gasteiger partial charge in [-0.15, -0.1) is 11.6 Å². The highest BCUT2D eigenvalue weighted by Gasteiger charge is 2.23. The summed E-state index contributed by atoms with van der Waals surface area (Å²) >= 11 is 5.81. The fraction of sp³-hybridized carbons (Fsp3) is 0.571. The molecule has 1 nitrogen and oxygen atoms in total. The molecule has 1 fully saturated rings. The Balaban J connectivity index is 2.11. The molecule has 17 heavy (non-hydrogen) atoms. The molecule has 2 atom stereocenters. The summed E-state index contributed by atoms with van der Waals surface area (Å²) in [6.45, 7) is 2.22. The summed E-state index contributed by atoms with van der Waals surface area (Å²) in [5.74, 6) is 1.33. The van der Waals surface area contributed by atoms with Gasteiger partial charge in [-0.3, -0.25) is 0 Å². The van der Waals surface area contributed by atoms with Crippen LogP contribution in [0.4, 0.5) is 4.39 Å². The summed E-state index contributed by atoms with van der Waals surface area (Å²) in [7, 11) is 0. The highest BCUT2D eigenvalue weighted by Crippen LogP contribution is 2.30. The molecule has 1 aliphatic carbocycles. The SMILES string of the molecule is CC1CCCCC1Oc1ccc(F)cc1CCl. The van der Waals surface area contributed by atoms with Gasteiger partial charge in [-0.25, -0.2) is 4.39 Å². The van der Waals surface area contributed by atoms with Gasteiger partial charge in [-0.1, -0.05) is 13.3 Å². The van der Waals surface area contributed by atoms with Crippen LogP contribution in [0, 0.1) is 11.7 Å². The summed E-state index contributed by atoms with van der Waals surface area (Å²) in [6.07, 6.45) is 5.04. The Hall–Kier alpha value is -0.760. The number of hydrogen-bond acceptors (Lipinski definition) is 1. The van der Waals surface area contributed by atoms with Crippen LogP contribution in [-0.4, -0.2) is 6.10 Å². The van der Waals surface area contributed by atoms with E-state index >= 15 is 0 Å². The number of ether oxygens (including phenoxy) is 1. The molecule has 0 aromatic heterocycles. The molecule has 1 aromatic carbocycles. The minimum atomic E-state index is -0.260. The third kappa shape index (κ3) is 3.12. The molecular weight excluding hydrogens is 239 g/mol. The molecule has 0 spiro atoms. The number of benzene rings is 1. The largest absolute Gasteiger partial charge is 0.490 e. The van der Waals surface area contributed by atoms with E-state index in [2.05, 4.69) is 6.92 Å². The van der Waals surface area contributed by atoms with E-state index in [1.807, 2.05) is 0 Å². The third-order valence-corrected chi connectivity index (χ3v) is 3.77. The van der Waals surface area contributed by atoms with E-state index in [9.17, 15) is 4.39 Å². The Kier molecular flexibility index (Phi) is 4.27. The van der Waals surface area contributed by atoms with Crippen LogP contribution in [0.3, 0.4) is 0 Å². The van der Waals surface area contributed by atoms with Crippen LogP contribution in [0.25, 0.3) is 0 Å². The van der Waals surface area contributed by atoms with E-state index in [1.165, 1.54) is 31.4 Å². The predicted molar refractivity (Wildman–Crippen MR) is 68.0 cm³/mol. The second-order valence-electron chi connectivity index (χ2n) is 4.80. The van der Waals surface area contributed by atoms with Crippen molar-refractivity contribution < 1.29 is 9.13 Å². The normalized spacial score (nSPS) is 24.6. The monoisotopic (exact) mass is 256 g/mol. The molecule has 2 rings (SSSR count). The van der Waals surface area contributed by atoms with Crippen molar-refractivity contribution in [3.63, 3.8) is 0 Å². The molecule has 3 heteroatoms. The molecule has 0 radical (unpaired) electrons. The van der Waals surface area contributed by atoms with Gasteiger partial charge in [0.1, 0.15) is 17.7 Å². The van der Waals surface area contributed by atoms with Crippen molar-refractivity contribution in [3.05, 3.63) is 29.6 Å². The van der Waals surface area contributed by atoms with E-state index in [0.717, 1.165) is 17.7 Å². The maximum Gasteiger partial charge on any atom is 0.124 e. The van der Waals surface area contributed by atoms with Crippen molar-refractivity contribution in [1.82, 2.24) is 0 Å². The van der Waals surface area contributed by atoms with E-state index in [0.29, 0.717) is 5.92 Å². The highest BCUT2D eigenvalue weighted by molar-refractivity contribution is 6.17. The molecule has 0 bridgehead atoms. The molecule has 0 heterocycles. The van der Waals surface area contributed by atoms with Crippen LogP contribution >= 0.6 is 11.6 Å². The first-order valence-corrected chi connectivity index (χ1v) is 6.75. The van der Waals surface area contributed by atoms with E-state index in [4.69, 9.17) is 16.3 Å². The first-order valence-electron chi connectivity index (χ1n) is 6.21. The van der Waals surface area contributed by atoms with Crippen LogP contribution in [0.15, 0.2) is 18.2 Å². The van der Waals surface area contributed by atoms with Gasteiger partial charge >= 0.3 is 0 Å². The maximum absolute atomic E-state index is 13.1. The third-order valence-electron chi connectivity index (χ3n) is 3.48. The van der Waals surface area contributed by atoms with E-state index in [1.54, 1.807) is 6.07 Å². The summed E-state index contributed by atoms with van der Waals surface area (Å²) < 4.78 is 19.1. The molecule has 0 amide bonds. The standard InChI is InChI=1S/C14H18ClFO/c1-10-4-2-3-5-13(10)17-14-7-6-12(16)8-11(14)9-15/h6-8,10,13H,2-5,9H2,1H3. The Bertz CT molecular complexity index is 380. The first kappa shape index (κ1) is 12.7. The van der Waals surface area contributed by atoms with Gasteiger partial charge in [0.05, 0.1) is 5.88 Å². The molecule has 2 unspecified atom stereocenters. The summed E-state index contributed by atoms with van der Waals surface area (Å²) in [6, 6.07) is 4.57. The lowest BCUT2D eigenvalue weighted by molar-refractivity contribution is 0.102. The Morgan fingerprint density at radius 3 is 2.82 bits per heavy atom. The van der Waals surface area contributed by atoms with Gasteiger partial charge in [0.25, 0.3) is 0 Å². The van der Waals surface area contributed by atoms with Crippen molar-refractivity contribution >= 4 is 11.6 Å². The summed E-state index contributed by atoms with van der Waals surface area (Å²) in [4.78, 5) is 0. The van der Waals surface area contributed by atoms with Crippen LogP contribution in [0.1, 0.15) is 38.2 Å². The van der Waals surface area contributed by atoms with Crippen LogP contribution in [0.5, 0.6) is 5.75 Å². The summed E-state index contributed by atoms with van der Waals surface area (Å²) in [5, 5.41) is 0. The van der Waals surface area contributed by atoms with Crippen molar-refractivity contribution in [2.45, 2.75) is 44.6 Å². The quantitative estimate of drug-likeness (QED) is 0.723. The van der Waals surface area contributed by atoms with E-state index in [-0.39, 0.29) is 17.8 Å². The van der Waals surface area contributed by atoms with E-state index < -0.39 is 0 Å². The molecule has 1 aromatic rings. The molecule has 94 valence electrons. The van der Waals surface area contributed by atoms with Crippen LogP contribution in [0.2, 0.25) is 0 Å². The fourth-order valence-corrected chi connectivity index (χ4v) is 2.60. The topological polar surface area (TPSA) is 9.23 Å². The smallest absolute Gasteiger partial charge is 0.124 e. The second kappa shape index (κ2) is 5.72. The minimum Gasteiger partial charge on any atom is -0.490 e. The van der Waals surface area contributed by atoms with Crippen molar-refractivity contribution in [1.29, 1.82) is 0 Å². The number of alkyl halides is 1. The zero-order valence-corrected chi connectivity index (χ0v) is 10.8. The average molecular weight is 257 g/mol. The zero-order valence-electron chi connectivity index (χ0n) is 10.1. The van der Waals surface area contributed by atoms with Gasteiger partial charge < -0.3 is 4.74 Å². The summed E-state index contributed by atoms with van der Waals surface area (Å²) in [5.41, 5.74) is 0.740. The van der Waals surface area contributed by atoms with Crippen molar-refractivity contribution in [2.24, 2.45) is 5.92 Å². The average Bonchev–Trinajstić information content (AvgIpc) is 2.34. The van der Waals surface area contributed by atoms with Crippen molar-refractivity contribution in [2.75, 3.05) is 0 Å². The lowest BCUT2D eigenvalue weighted by Gasteiger charge is -2.30. The number of halogens is 2. The molecular formula is C14H18ClFO. The van der Waals surface area contributed by atoms with Gasteiger partial charge in [0.15, 0.2) is 0 Å². The first-order chi connectivity index (χ1) is 8.20. The van der Waals surface area contributed by atoms with Gasteiger partial charge in [-0.2, -0.15) is 0 Å². The fourth-order valence-electron chi connectivity index (χ4n) is 2.39. The molecule has 1 aliphatic rings. The molecule has 0 N–H and O–H groups in total. The van der Waals surface area contributed by atoms with Gasteiger partial charge in [0, 0.05) is 5.56 Å². The Morgan fingerprint density at radius 2 is 2.12 bits per heavy atom. The molecule has 0 aliphatic heterocycles. The van der Waals surface area contributed by atoms with Gasteiger partial charge in [-0.05, 0) is 43.4 Å². The lowest BCUT2D eigenvalue weighted by Crippen LogP contribution is -2.28. The maximum atomic E-state index is 13.1. The Labute approximate surface area is 107 Å². The van der Waals surface area contributed by atoms with Crippen molar-refractivity contribution in [3.8, 4) is 5.75 Å². The Morgan fingerprint density at radius 1 is 1.35 bits per heavy atom. The second-order valence-corrected chi connectivity index (χ2v) is 5.07. The minimum absolute atomic E-state index is 0.246. The number of hydrogen-bond donors (Lipinski definition) is 0. The highest BCUT2D eigenvalue weighted by atomic mass is 35.5. The predicted octanol–water partition coefficient (Wildman–Crippen LogP) is 4.52. The van der Waals surface area contributed by atoms with Crippen LogP contribution < -0.4 is 4.74 Å². The lowest BCUT2D eigenvalue weighted by atomic mass is 9.88. The number of rotatable bonds is 3.